The molecule has 0 unspecified atom stereocenters. The molecule has 0 atom stereocenters. The van der Waals surface area contributed by atoms with E-state index < -0.39 is 0 Å². The lowest BCUT2D eigenvalue weighted by Crippen LogP contribution is -1.72. The molecule has 0 amide bonds. The van der Waals surface area contributed by atoms with Gasteiger partial charge in [-0.05, 0) is 38.5 Å². The Kier molecular flexibility index (Phi) is 5.35. The molecule has 0 aromatic heterocycles. The van der Waals surface area contributed by atoms with Crippen LogP contribution in [-0.2, 0) is 0 Å². The fraction of sp³-hybridized carbons (Fsp3) is 0.500. The van der Waals surface area contributed by atoms with Crippen LogP contribution in [0.4, 0.5) is 0 Å². The van der Waals surface area contributed by atoms with Crippen molar-refractivity contribution in [3.63, 3.8) is 0 Å². The van der Waals surface area contributed by atoms with Gasteiger partial charge >= 0.3 is 0 Å². The van der Waals surface area contributed by atoms with Crippen LogP contribution in [0.25, 0.3) is 0 Å². The predicted octanol–water partition coefficient (Wildman–Crippen LogP) is 4.01. The minimum Gasteiger partial charge on any atom is -0.0885 e. The lowest BCUT2D eigenvalue weighted by Gasteiger charge is -1.92. The third-order valence-electron chi connectivity index (χ3n) is 2.01. The van der Waals surface area contributed by atoms with Crippen molar-refractivity contribution in [1.29, 1.82) is 0 Å². The Labute approximate surface area is 75.7 Å². The number of allylic oxidation sites excluding steroid dienone is 6. The van der Waals surface area contributed by atoms with Crippen LogP contribution < -0.4 is 0 Å². The maximum atomic E-state index is 2.31. The van der Waals surface area contributed by atoms with Gasteiger partial charge in [0.15, 0.2) is 0 Å². The Morgan fingerprint density at radius 2 is 1.00 bits per heavy atom. The molecule has 0 fully saturated rings. The fourth-order valence-electron chi connectivity index (χ4n) is 1.29. The first-order chi connectivity index (χ1) is 6.00. The third-order valence-corrected chi connectivity index (χ3v) is 2.01. The summed E-state index contributed by atoms with van der Waals surface area (Å²) in [4.78, 5) is 0. The smallest absolute Gasteiger partial charge is 0.0169 e. The van der Waals surface area contributed by atoms with Gasteiger partial charge in [-0.25, -0.2) is 0 Å². The molecule has 1 rings (SSSR count). The van der Waals surface area contributed by atoms with Gasteiger partial charge in [-0.3, -0.25) is 0 Å². The minimum atomic E-state index is 1.11. The zero-order chi connectivity index (χ0) is 8.49. The lowest BCUT2D eigenvalue weighted by molar-refractivity contribution is 0.859. The highest BCUT2D eigenvalue weighted by molar-refractivity contribution is 4.95. The summed E-state index contributed by atoms with van der Waals surface area (Å²) in [6, 6.07) is 0. The standard InChI is InChI=1S/C12H18/c1-2-4-6-8-10-12-11-9-7-5-3-1/h1-2,5,7-8,10H,3-4,6,9,11-12H2/b2-1+,7-5-,10-8+. The summed E-state index contributed by atoms with van der Waals surface area (Å²) < 4.78 is 0. The van der Waals surface area contributed by atoms with Gasteiger partial charge in [0, 0.05) is 0 Å². The molecule has 0 N–H and O–H groups in total. The Balaban J connectivity index is 2.30. The third kappa shape index (κ3) is 4.95. The van der Waals surface area contributed by atoms with Gasteiger partial charge in [-0.15, -0.1) is 0 Å². The van der Waals surface area contributed by atoms with Gasteiger partial charge in [-0.2, -0.15) is 0 Å². The van der Waals surface area contributed by atoms with Crippen molar-refractivity contribution < 1.29 is 0 Å². The van der Waals surface area contributed by atoms with Crippen LogP contribution in [0.1, 0.15) is 38.5 Å². The normalized spacial score (nSPS) is 28.0. The molecule has 1 aliphatic carbocycles. The molecule has 12 heavy (non-hydrogen) atoms. The lowest BCUT2D eigenvalue weighted by atomic mass is 10.1. The second-order valence-electron chi connectivity index (χ2n) is 3.16. The second-order valence-corrected chi connectivity index (χ2v) is 3.16. The maximum absolute atomic E-state index is 2.31. The quantitative estimate of drug-likeness (QED) is 0.472. The van der Waals surface area contributed by atoms with Gasteiger partial charge in [0.2, 0.25) is 0 Å². The van der Waals surface area contributed by atoms with E-state index in [0.29, 0.717) is 0 Å². The molecule has 0 radical (unpaired) electrons. The van der Waals surface area contributed by atoms with E-state index in [2.05, 4.69) is 36.5 Å². The monoisotopic (exact) mass is 162 g/mol. The van der Waals surface area contributed by atoms with Gasteiger partial charge in [-0.1, -0.05) is 36.5 Å². The molecule has 0 saturated carbocycles. The van der Waals surface area contributed by atoms with Crippen LogP contribution >= 0.6 is 0 Å². The highest BCUT2D eigenvalue weighted by Gasteiger charge is 1.82. The topological polar surface area (TPSA) is 0 Å². The van der Waals surface area contributed by atoms with E-state index in [-0.39, 0.29) is 0 Å². The number of hydrogen-bond acceptors (Lipinski definition) is 0. The summed E-state index contributed by atoms with van der Waals surface area (Å²) in [7, 11) is 0. The van der Waals surface area contributed by atoms with E-state index >= 15 is 0 Å². The van der Waals surface area contributed by atoms with E-state index in [9.17, 15) is 0 Å². The molecule has 0 aromatic carbocycles. The van der Waals surface area contributed by atoms with Gasteiger partial charge in [0.25, 0.3) is 0 Å². The van der Waals surface area contributed by atoms with E-state index in [0.717, 1.165) is 6.42 Å². The van der Waals surface area contributed by atoms with Crippen LogP contribution in [0.15, 0.2) is 36.5 Å². The highest BCUT2D eigenvalue weighted by atomic mass is 13.9. The number of hydrogen-bond donors (Lipinski definition) is 0. The molecule has 0 saturated heterocycles. The Hall–Kier alpha value is -0.780. The molecule has 0 aliphatic heterocycles. The zero-order valence-corrected chi connectivity index (χ0v) is 7.71. The summed E-state index contributed by atoms with van der Waals surface area (Å²) >= 11 is 0. The predicted molar refractivity (Wildman–Crippen MR) is 55.1 cm³/mol. The Bertz CT molecular complexity index is 172. The number of rotatable bonds is 0. The molecule has 0 heteroatoms. The zero-order valence-electron chi connectivity index (χ0n) is 7.71. The molecular formula is C12H18. The minimum absolute atomic E-state index is 1.11. The first-order valence-corrected chi connectivity index (χ1v) is 4.95. The molecule has 0 heterocycles. The van der Waals surface area contributed by atoms with Crippen LogP contribution in [0.3, 0.4) is 0 Å². The van der Waals surface area contributed by atoms with Crippen LogP contribution in [0.2, 0.25) is 0 Å². The summed E-state index contributed by atoms with van der Waals surface area (Å²) in [5, 5.41) is 0. The SMILES string of the molecule is C1=C\CCC/C=C/CC/C=C/C/1. The van der Waals surface area contributed by atoms with Crippen molar-refractivity contribution in [2.24, 2.45) is 0 Å². The van der Waals surface area contributed by atoms with Gasteiger partial charge in [0.05, 0.1) is 0 Å². The first kappa shape index (κ1) is 9.31. The molecular weight excluding hydrogens is 144 g/mol. The summed E-state index contributed by atoms with van der Waals surface area (Å²) in [5.74, 6) is 0. The Morgan fingerprint density at radius 3 is 1.75 bits per heavy atom. The van der Waals surface area contributed by atoms with Crippen molar-refractivity contribution in [2.45, 2.75) is 38.5 Å². The van der Waals surface area contributed by atoms with Crippen molar-refractivity contribution >= 4 is 0 Å². The van der Waals surface area contributed by atoms with Crippen LogP contribution in [0.5, 0.6) is 0 Å². The van der Waals surface area contributed by atoms with E-state index in [1.54, 1.807) is 0 Å². The van der Waals surface area contributed by atoms with E-state index in [1.165, 1.54) is 32.1 Å². The van der Waals surface area contributed by atoms with Crippen molar-refractivity contribution in [2.75, 3.05) is 0 Å². The highest BCUT2D eigenvalue weighted by Crippen LogP contribution is 2.03. The van der Waals surface area contributed by atoms with E-state index in [4.69, 9.17) is 0 Å². The first-order valence-electron chi connectivity index (χ1n) is 4.95. The molecule has 0 nitrogen and oxygen atoms in total. The summed E-state index contributed by atoms with van der Waals surface area (Å²) in [5.41, 5.74) is 0. The molecule has 66 valence electrons. The van der Waals surface area contributed by atoms with Crippen LogP contribution in [-0.4, -0.2) is 0 Å². The molecule has 0 bridgehead atoms. The average molecular weight is 162 g/mol. The van der Waals surface area contributed by atoms with E-state index in [1.807, 2.05) is 0 Å². The van der Waals surface area contributed by atoms with Crippen LogP contribution in [0, 0.1) is 0 Å². The fourth-order valence-corrected chi connectivity index (χ4v) is 1.29. The van der Waals surface area contributed by atoms with Gasteiger partial charge < -0.3 is 0 Å². The van der Waals surface area contributed by atoms with Crippen molar-refractivity contribution in [3.8, 4) is 0 Å². The molecule has 1 aliphatic rings. The second kappa shape index (κ2) is 6.90. The maximum Gasteiger partial charge on any atom is -0.0169 e. The molecule has 0 aromatic rings. The average Bonchev–Trinajstić information content (AvgIpc) is 2.05. The largest absolute Gasteiger partial charge is 0.0885 e. The Morgan fingerprint density at radius 1 is 0.500 bits per heavy atom. The summed E-state index contributed by atoms with van der Waals surface area (Å²) in [6.07, 6.45) is 21.0. The van der Waals surface area contributed by atoms with Crippen molar-refractivity contribution in [3.05, 3.63) is 36.5 Å². The van der Waals surface area contributed by atoms with Gasteiger partial charge in [0.1, 0.15) is 0 Å². The summed E-state index contributed by atoms with van der Waals surface area (Å²) in [6.45, 7) is 0. The molecule has 0 spiro atoms. The van der Waals surface area contributed by atoms with Crippen molar-refractivity contribution in [1.82, 2.24) is 0 Å².